The lowest BCUT2D eigenvalue weighted by Crippen LogP contribution is -2.28. The number of urea groups is 1. The number of hydrogen-bond donors (Lipinski definition) is 4. The minimum atomic E-state index is -0.358. The third kappa shape index (κ3) is 5.27. The van der Waals surface area contributed by atoms with Crippen molar-refractivity contribution in [1.82, 2.24) is 20.1 Å². The molecule has 3 amide bonds. The third-order valence-electron chi connectivity index (χ3n) is 4.23. The van der Waals surface area contributed by atoms with Gasteiger partial charge in [-0.25, -0.2) is 4.79 Å². The molecule has 0 aliphatic heterocycles. The van der Waals surface area contributed by atoms with E-state index in [4.69, 9.17) is 16.6 Å². The molecular formula is C20H18N6O3S2. The minimum absolute atomic E-state index is 0.0255. The van der Waals surface area contributed by atoms with Crippen molar-refractivity contribution in [1.29, 1.82) is 0 Å². The molecule has 0 radical (unpaired) electrons. The minimum Gasteiger partial charge on any atom is -0.467 e. The topological polar surface area (TPSA) is 117 Å². The molecule has 31 heavy (non-hydrogen) atoms. The van der Waals surface area contributed by atoms with Crippen LogP contribution in [0.15, 0.2) is 64.6 Å². The van der Waals surface area contributed by atoms with Gasteiger partial charge in [-0.05, 0) is 60.1 Å². The standard InChI is InChI=1S/C20H18N6O3S2/c27-17(12-26-18(24-25-20(26)30)16-4-2-10-31-16)22-13-5-7-14(8-6-13)23-19(28)21-11-15-3-1-9-29-15/h1-10H,11-12H2,(H,22,27)(H,25,30)(H2,21,23,28). The maximum absolute atomic E-state index is 12.5. The molecule has 11 heteroatoms. The second-order valence-electron chi connectivity index (χ2n) is 6.43. The van der Waals surface area contributed by atoms with E-state index in [2.05, 4.69) is 26.1 Å². The number of aromatic amines is 1. The number of carbonyl (C=O) groups is 2. The van der Waals surface area contributed by atoms with Gasteiger partial charge < -0.3 is 20.4 Å². The number of amides is 3. The van der Waals surface area contributed by atoms with Crippen molar-refractivity contribution in [2.45, 2.75) is 13.1 Å². The van der Waals surface area contributed by atoms with Crippen molar-refractivity contribution in [2.24, 2.45) is 0 Å². The number of H-pyrrole nitrogens is 1. The lowest BCUT2D eigenvalue weighted by Gasteiger charge is -2.09. The van der Waals surface area contributed by atoms with Gasteiger partial charge in [-0.2, -0.15) is 5.10 Å². The van der Waals surface area contributed by atoms with Gasteiger partial charge in [0.15, 0.2) is 10.6 Å². The van der Waals surface area contributed by atoms with E-state index >= 15 is 0 Å². The predicted molar refractivity (Wildman–Crippen MR) is 120 cm³/mol. The number of aromatic nitrogens is 3. The lowest BCUT2D eigenvalue weighted by atomic mass is 10.2. The summed E-state index contributed by atoms with van der Waals surface area (Å²) in [6.07, 6.45) is 1.55. The SMILES string of the molecule is O=C(Cn1c(-c2cccs2)n[nH]c1=S)Nc1ccc(NC(=O)NCc2ccco2)cc1. The van der Waals surface area contributed by atoms with E-state index in [9.17, 15) is 9.59 Å². The van der Waals surface area contributed by atoms with Crippen LogP contribution in [0.25, 0.3) is 10.7 Å². The van der Waals surface area contributed by atoms with Crippen LogP contribution in [0.3, 0.4) is 0 Å². The Hall–Kier alpha value is -3.70. The number of rotatable bonds is 7. The van der Waals surface area contributed by atoms with Gasteiger partial charge in [0.05, 0.1) is 17.7 Å². The molecule has 1 aromatic carbocycles. The first-order chi connectivity index (χ1) is 15.1. The number of hydrogen-bond acceptors (Lipinski definition) is 6. The molecule has 9 nitrogen and oxygen atoms in total. The van der Waals surface area contributed by atoms with E-state index in [1.165, 1.54) is 11.3 Å². The highest BCUT2D eigenvalue weighted by Crippen LogP contribution is 2.23. The molecule has 0 bridgehead atoms. The normalized spacial score (nSPS) is 10.6. The van der Waals surface area contributed by atoms with Crippen molar-refractivity contribution >= 4 is 46.9 Å². The monoisotopic (exact) mass is 454 g/mol. The molecule has 0 unspecified atom stereocenters. The van der Waals surface area contributed by atoms with Crippen LogP contribution in [-0.2, 0) is 17.9 Å². The Bertz CT molecular complexity index is 1210. The predicted octanol–water partition coefficient (Wildman–Crippen LogP) is 4.22. The van der Waals surface area contributed by atoms with Crippen LogP contribution in [0.1, 0.15) is 5.76 Å². The summed E-state index contributed by atoms with van der Waals surface area (Å²) in [4.78, 5) is 25.4. The number of carbonyl (C=O) groups excluding carboxylic acids is 2. The van der Waals surface area contributed by atoms with Crippen molar-refractivity contribution in [3.05, 3.63) is 70.7 Å². The zero-order valence-electron chi connectivity index (χ0n) is 16.1. The Balaban J connectivity index is 1.32. The Labute approximate surface area is 186 Å². The van der Waals surface area contributed by atoms with Gasteiger partial charge in [0, 0.05) is 11.4 Å². The van der Waals surface area contributed by atoms with Gasteiger partial charge in [0.1, 0.15) is 12.3 Å². The number of furan rings is 1. The molecule has 0 atom stereocenters. The zero-order valence-corrected chi connectivity index (χ0v) is 17.8. The number of nitrogens with one attached hydrogen (secondary N) is 4. The van der Waals surface area contributed by atoms with Crippen LogP contribution >= 0.6 is 23.6 Å². The largest absolute Gasteiger partial charge is 0.467 e. The Kier molecular flexibility index (Phi) is 6.24. The van der Waals surface area contributed by atoms with Gasteiger partial charge >= 0.3 is 6.03 Å². The molecule has 0 saturated carbocycles. The molecule has 0 aliphatic carbocycles. The van der Waals surface area contributed by atoms with Crippen LogP contribution in [0.5, 0.6) is 0 Å². The Morgan fingerprint density at radius 3 is 2.55 bits per heavy atom. The van der Waals surface area contributed by atoms with Crippen LogP contribution in [0.4, 0.5) is 16.2 Å². The molecule has 4 rings (SSSR count). The second-order valence-corrected chi connectivity index (χ2v) is 7.76. The van der Waals surface area contributed by atoms with Crippen LogP contribution in [0.2, 0.25) is 0 Å². The maximum Gasteiger partial charge on any atom is 0.319 e. The van der Waals surface area contributed by atoms with Crippen molar-refractivity contribution in [3.8, 4) is 10.7 Å². The number of anilines is 2. The molecule has 0 spiro atoms. The number of thiophene rings is 1. The second kappa shape index (κ2) is 9.41. The summed E-state index contributed by atoms with van der Waals surface area (Å²) in [7, 11) is 0. The molecule has 0 fully saturated rings. The van der Waals surface area contributed by atoms with Gasteiger partial charge in [0.2, 0.25) is 5.91 Å². The van der Waals surface area contributed by atoms with Crippen LogP contribution in [0, 0.1) is 4.77 Å². The van der Waals surface area contributed by atoms with Crippen molar-refractivity contribution in [3.63, 3.8) is 0 Å². The Morgan fingerprint density at radius 1 is 1.10 bits per heavy atom. The molecule has 4 N–H and O–H groups in total. The highest BCUT2D eigenvalue weighted by Gasteiger charge is 2.13. The number of nitrogens with zero attached hydrogens (tertiary/aromatic N) is 2. The highest BCUT2D eigenvalue weighted by molar-refractivity contribution is 7.71. The lowest BCUT2D eigenvalue weighted by molar-refractivity contribution is -0.116. The number of benzene rings is 1. The highest BCUT2D eigenvalue weighted by atomic mass is 32.1. The molecular weight excluding hydrogens is 436 g/mol. The molecule has 3 heterocycles. The molecule has 4 aromatic rings. The first kappa shape index (κ1) is 20.6. The first-order valence-electron chi connectivity index (χ1n) is 9.25. The van der Waals surface area contributed by atoms with E-state index in [-0.39, 0.29) is 25.0 Å². The molecule has 3 aromatic heterocycles. The smallest absolute Gasteiger partial charge is 0.319 e. The van der Waals surface area contributed by atoms with Gasteiger partial charge in [-0.15, -0.1) is 11.3 Å². The molecule has 0 aliphatic rings. The summed E-state index contributed by atoms with van der Waals surface area (Å²) < 4.78 is 7.19. The quantitative estimate of drug-likeness (QED) is 0.312. The third-order valence-corrected chi connectivity index (χ3v) is 5.41. The average Bonchev–Trinajstić information content (AvgIpc) is 3.51. The molecule has 158 valence electrons. The fourth-order valence-electron chi connectivity index (χ4n) is 2.80. The maximum atomic E-state index is 12.5. The van der Waals surface area contributed by atoms with Gasteiger partial charge in [0.25, 0.3) is 0 Å². The summed E-state index contributed by atoms with van der Waals surface area (Å²) in [6, 6.07) is 13.8. The van der Waals surface area contributed by atoms with E-state index in [0.29, 0.717) is 27.7 Å². The van der Waals surface area contributed by atoms with Crippen LogP contribution < -0.4 is 16.0 Å². The average molecular weight is 455 g/mol. The summed E-state index contributed by atoms with van der Waals surface area (Å²) in [5, 5.41) is 17.1. The van der Waals surface area contributed by atoms with Gasteiger partial charge in [-0.3, -0.25) is 14.5 Å². The summed E-state index contributed by atoms with van der Waals surface area (Å²) in [5.74, 6) is 1.04. The Morgan fingerprint density at radius 2 is 1.87 bits per heavy atom. The van der Waals surface area contributed by atoms with Crippen LogP contribution in [-0.4, -0.2) is 26.7 Å². The molecule has 0 saturated heterocycles. The summed E-state index contributed by atoms with van der Waals surface area (Å²) in [6.45, 7) is 0.314. The van der Waals surface area contributed by atoms with Crippen molar-refractivity contribution < 1.29 is 14.0 Å². The summed E-state index contributed by atoms with van der Waals surface area (Å²) in [5.41, 5.74) is 1.19. The van der Waals surface area contributed by atoms with E-state index in [1.54, 1.807) is 47.2 Å². The zero-order chi connectivity index (χ0) is 21.6. The first-order valence-corrected chi connectivity index (χ1v) is 10.5. The summed E-state index contributed by atoms with van der Waals surface area (Å²) >= 11 is 6.77. The van der Waals surface area contributed by atoms with E-state index in [1.807, 2.05) is 17.5 Å². The fraction of sp³-hybridized carbons (Fsp3) is 0.100. The van der Waals surface area contributed by atoms with E-state index < -0.39 is 0 Å². The van der Waals surface area contributed by atoms with Gasteiger partial charge in [-0.1, -0.05) is 6.07 Å². The van der Waals surface area contributed by atoms with Crippen molar-refractivity contribution in [2.75, 3.05) is 10.6 Å². The fourth-order valence-corrected chi connectivity index (χ4v) is 3.71. The van der Waals surface area contributed by atoms with E-state index in [0.717, 1.165) is 4.88 Å².